The number of carboxylic acids is 1. The van der Waals surface area contributed by atoms with E-state index >= 15 is 0 Å². The predicted octanol–water partition coefficient (Wildman–Crippen LogP) is 1.35. The van der Waals surface area contributed by atoms with E-state index in [1.807, 2.05) is 0 Å². The first-order valence-corrected chi connectivity index (χ1v) is 5.18. The van der Waals surface area contributed by atoms with Gasteiger partial charge in [0.15, 0.2) is 0 Å². The predicted molar refractivity (Wildman–Crippen MR) is 56.2 cm³/mol. The van der Waals surface area contributed by atoms with Crippen molar-refractivity contribution in [1.82, 2.24) is 5.32 Å². The van der Waals surface area contributed by atoms with Crippen molar-refractivity contribution >= 4 is 11.9 Å². The summed E-state index contributed by atoms with van der Waals surface area (Å²) in [7, 11) is 0. The van der Waals surface area contributed by atoms with E-state index < -0.39 is 43.0 Å². The van der Waals surface area contributed by atoms with Crippen LogP contribution in [0.5, 0.6) is 0 Å². The van der Waals surface area contributed by atoms with Crippen LogP contribution in [0.3, 0.4) is 0 Å². The number of hydrogen-bond acceptors (Lipinski definition) is 4. The van der Waals surface area contributed by atoms with Crippen LogP contribution in [-0.4, -0.2) is 48.3 Å². The van der Waals surface area contributed by atoms with Gasteiger partial charge < -0.3 is 9.84 Å². The Morgan fingerprint density at radius 3 is 2.25 bits per heavy atom. The summed E-state index contributed by atoms with van der Waals surface area (Å²) in [5, 5.41) is 9.52. The third kappa shape index (κ3) is 7.02. The molecule has 0 aromatic carbocycles. The first-order chi connectivity index (χ1) is 8.99. The van der Waals surface area contributed by atoms with Gasteiger partial charge in [0.2, 0.25) is 0 Å². The minimum Gasteiger partial charge on any atom is -0.475 e. The van der Waals surface area contributed by atoms with Gasteiger partial charge in [-0.2, -0.15) is 13.2 Å². The van der Waals surface area contributed by atoms with Crippen LogP contribution >= 0.6 is 0 Å². The van der Waals surface area contributed by atoms with E-state index in [0.29, 0.717) is 0 Å². The number of carboxylic acid groups (broad SMARTS) is 1. The molecule has 0 aliphatic carbocycles. The van der Waals surface area contributed by atoms with E-state index in [9.17, 15) is 26.7 Å². The minimum absolute atomic E-state index is 0.0581. The maximum absolute atomic E-state index is 12.6. The fourth-order valence-electron chi connectivity index (χ4n) is 1.12. The standard InChI is InChI=1S/C8H11F2NO2.C2HF3O2/c1-2-3-13-7(12)6-4-8(9,10)5-11-6;3-2(4,5)1(6)7/h2,6,11H,1,3-5H2;(H,6,7). The number of aliphatic carboxylic acids is 1. The molecule has 0 saturated carbocycles. The Kier molecular flexibility index (Phi) is 6.56. The van der Waals surface area contributed by atoms with Crippen LogP contribution in [-0.2, 0) is 14.3 Å². The van der Waals surface area contributed by atoms with Crippen molar-refractivity contribution in [1.29, 1.82) is 0 Å². The van der Waals surface area contributed by atoms with Crippen molar-refractivity contribution in [3.63, 3.8) is 0 Å². The highest BCUT2D eigenvalue weighted by Crippen LogP contribution is 2.25. The highest BCUT2D eigenvalue weighted by Gasteiger charge is 2.43. The summed E-state index contributed by atoms with van der Waals surface area (Å²) in [5.74, 6) is -6.19. The van der Waals surface area contributed by atoms with Crippen molar-refractivity contribution in [2.24, 2.45) is 0 Å². The summed E-state index contributed by atoms with van der Waals surface area (Å²) >= 11 is 0. The molecular formula is C10H12F5NO4. The molecule has 116 valence electrons. The summed E-state index contributed by atoms with van der Waals surface area (Å²) in [6, 6.07) is -0.880. The fourth-order valence-corrected chi connectivity index (χ4v) is 1.12. The second-order valence-corrected chi connectivity index (χ2v) is 3.72. The molecule has 2 N–H and O–H groups in total. The van der Waals surface area contributed by atoms with E-state index in [2.05, 4.69) is 16.6 Å². The number of nitrogens with one attached hydrogen (secondary N) is 1. The minimum atomic E-state index is -5.08. The van der Waals surface area contributed by atoms with Crippen LogP contribution in [0, 0.1) is 0 Å². The van der Waals surface area contributed by atoms with Crippen molar-refractivity contribution in [3.8, 4) is 0 Å². The molecular weight excluding hydrogens is 293 g/mol. The normalized spacial score (nSPS) is 20.6. The van der Waals surface area contributed by atoms with Gasteiger partial charge >= 0.3 is 18.1 Å². The number of esters is 1. The molecule has 0 aromatic heterocycles. The zero-order valence-corrected chi connectivity index (χ0v) is 10.0. The molecule has 5 nitrogen and oxygen atoms in total. The molecule has 1 saturated heterocycles. The molecule has 1 unspecified atom stereocenters. The molecule has 1 rings (SSSR count). The Labute approximate surface area is 110 Å². The second kappa shape index (κ2) is 7.17. The summed E-state index contributed by atoms with van der Waals surface area (Å²) in [6.45, 7) is 2.94. The largest absolute Gasteiger partial charge is 0.490 e. The molecule has 0 aromatic rings. The Hall–Kier alpha value is -1.71. The zero-order valence-electron chi connectivity index (χ0n) is 10.0. The Morgan fingerprint density at radius 2 is 1.95 bits per heavy atom. The van der Waals surface area contributed by atoms with Crippen LogP contribution in [0.25, 0.3) is 0 Å². The van der Waals surface area contributed by atoms with Crippen molar-refractivity contribution in [3.05, 3.63) is 12.7 Å². The van der Waals surface area contributed by atoms with Gasteiger partial charge in [-0.3, -0.25) is 10.1 Å². The summed E-state index contributed by atoms with van der Waals surface area (Å²) in [5.41, 5.74) is 0. The van der Waals surface area contributed by atoms with E-state index in [1.165, 1.54) is 6.08 Å². The number of alkyl halides is 5. The Balaban J connectivity index is 0.000000441. The zero-order chi connectivity index (χ0) is 16.0. The van der Waals surface area contributed by atoms with Gasteiger partial charge in [0.05, 0.1) is 6.54 Å². The highest BCUT2D eigenvalue weighted by molar-refractivity contribution is 5.76. The van der Waals surface area contributed by atoms with Crippen LogP contribution in [0.4, 0.5) is 22.0 Å². The molecule has 10 heteroatoms. The van der Waals surface area contributed by atoms with E-state index in [1.54, 1.807) is 0 Å². The molecule has 0 radical (unpaired) electrons. The van der Waals surface area contributed by atoms with Gasteiger partial charge in [-0.05, 0) is 0 Å². The number of ether oxygens (including phenoxy) is 1. The van der Waals surface area contributed by atoms with Crippen LogP contribution < -0.4 is 5.32 Å². The number of carbonyl (C=O) groups excluding carboxylic acids is 1. The quantitative estimate of drug-likeness (QED) is 0.467. The third-order valence-electron chi connectivity index (χ3n) is 1.98. The number of carbonyl (C=O) groups is 2. The average Bonchev–Trinajstić information content (AvgIpc) is 2.66. The lowest BCUT2D eigenvalue weighted by atomic mass is 10.2. The van der Waals surface area contributed by atoms with Crippen LogP contribution in [0.2, 0.25) is 0 Å². The van der Waals surface area contributed by atoms with Gasteiger partial charge in [0.1, 0.15) is 12.6 Å². The molecule has 1 aliphatic rings. The first kappa shape index (κ1) is 18.3. The fraction of sp³-hybridized carbons (Fsp3) is 0.600. The lowest BCUT2D eigenvalue weighted by Gasteiger charge is -2.08. The van der Waals surface area contributed by atoms with Crippen molar-refractivity contribution in [2.45, 2.75) is 24.6 Å². The number of halogens is 5. The lowest BCUT2D eigenvalue weighted by Crippen LogP contribution is -2.32. The summed E-state index contributed by atoms with van der Waals surface area (Å²) in [6.07, 6.45) is -4.17. The van der Waals surface area contributed by atoms with Gasteiger partial charge in [0.25, 0.3) is 5.92 Å². The highest BCUT2D eigenvalue weighted by atomic mass is 19.4. The smallest absolute Gasteiger partial charge is 0.475 e. The Bertz CT molecular complexity index is 369. The van der Waals surface area contributed by atoms with E-state index in [-0.39, 0.29) is 6.61 Å². The van der Waals surface area contributed by atoms with Crippen LogP contribution in [0.15, 0.2) is 12.7 Å². The Morgan fingerprint density at radius 1 is 1.45 bits per heavy atom. The van der Waals surface area contributed by atoms with Gasteiger partial charge in [-0.25, -0.2) is 13.6 Å². The molecule has 0 bridgehead atoms. The van der Waals surface area contributed by atoms with E-state index in [4.69, 9.17) is 9.90 Å². The first-order valence-electron chi connectivity index (χ1n) is 5.18. The summed E-state index contributed by atoms with van der Waals surface area (Å²) < 4.78 is 61.5. The number of hydrogen-bond donors (Lipinski definition) is 2. The topological polar surface area (TPSA) is 75.6 Å². The van der Waals surface area contributed by atoms with Gasteiger partial charge in [-0.15, -0.1) is 0 Å². The third-order valence-corrected chi connectivity index (χ3v) is 1.98. The molecule has 0 amide bonds. The van der Waals surface area contributed by atoms with Crippen molar-refractivity contribution in [2.75, 3.05) is 13.2 Å². The molecule has 1 fully saturated rings. The molecule has 1 atom stereocenters. The van der Waals surface area contributed by atoms with Crippen LogP contribution in [0.1, 0.15) is 6.42 Å². The molecule has 1 heterocycles. The maximum Gasteiger partial charge on any atom is 0.490 e. The summed E-state index contributed by atoms with van der Waals surface area (Å²) in [4.78, 5) is 19.9. The molecule has 0 spiro atoms. The van der Waals surface area contributed by atoms with Gasteiger partial charge in [0, 0.05) is 6.42 Å². The monoisotopic (exact) mass is 305 g/mol. The molecule has 1 aliphatic heterocycles. The number of rotatable bonds is 3. The molecule has 20 heavy (non-hydrogen) atoms. The maximum atomic E-state index is 12.6. The van der Waals surface area contributed by atoms with E-state index in [0.717, 1.165) is 0 Å². The van der Waals surface area contributed by atoms with Gasteiger partial charge in [-0.1, -0.05) is 12.7 Å². The lowest BCUT2D eigenvalue weighted by molar-refractivity contribution is -0.192. The van der Waals surface area contributed by atoms with Crippen molar-refractivity contribution < 1.29 is 41.4 Å². The average molecular weight is 305 g/mol. The second-order valence-electron chi connectivity index (χ2n) is 3.72. The SMILES string of the molecule is C=CCOC(=O)C1CC(F)(F)CN1.O=C(O)C(F)(F)F.